The van der Waals surface area contributed by atoms with Crippen LogP contribution in [-0.4, -0.2) is 44.5 Å². The van der Waals surface area contributed by atoms with Crippen LogP contribution in [0.5, 0.6) is 0 Å². The molecule has 1 aliphatic carbocycles. The Morgan fingerprint density at radius 2 is 1.94 bits per heavy atom. The van der Waals surface area contributed by atoms with Crippen LogP contribution in [0.2, 0.25) is 0 Å². The van der Waals surface area contributed by atoms with E-state index in [1.54, 1.807) is 6.07 Å². The molecule has 3 rings (SSSR count). The summed E-state index contributed by atoms with van der Waals surface area (Å²) in [5.41, 5.74) is 0.843. The Bertz CT molecular complexity index is 1000. The summed E-state index contributed by atoms with van der Waals surface area (Å²) in [7, 11) is 0. The Kier molecular flexibility index (Phi) is 7.85. The smallest absolute Gasteiger partial charge is 0.391 e. The SMILES string of the molecule is CC(CC(F)(F)F)NC(=O)OC(O)(O)C1CC(c2cnc(Nc3ccc(SN)cc3F)nc2)C1. The minimum atomic E-state index is -4.49. The Hall–Kier alpha value is -2.68. The zero-order valence-electron chi connectivity index (χ0n) is 17.8. The number of nitrogens with zero attached hydrogens (tertiary/aromatic N) is 2. The summed E-state index contributed by atoms with van der Waals surface area (Å²) in [6.45, 7) is 1.12. The van der Waals surface area contributed by atoms with Gasteiger partial charge in [0.25, 0.3) is 0 Å². The second-order valence-corrected chi connectivity index (χ2v) is 8.71. The Balaban J connectivity index is 1.50. The predicted molar refractivity (Wildman–Crippen MR) is 114 cm³/mol. The number of nitrogens with one attached hydrogen (secondary N) is 2. The Morgan fingerprint density at radius 1 is 1.29 bits per heavy atom. The van der Waals surface area contributed by atoms with Crippen molar-refractivity contribution >= 4 is 29.7 Å². The van der Waals surface area contributed by atoms with Gasteiger partial charge in [-0.15, -0.1) is 0 Å². The van der Waals surface area contributed by atoms with Gasteiger partial charge in [-0.05, 0) is 61.4 Å². The van der Waals surface area contributed by atoms with Crippen molar-refractivity contribution in [3.63, 3.8) is 0 Å². The first-order chi connectivity index (χ1) is 15.9. The zero-order valence-corrected chi connectivity index (χ0v) is 18.7. The molecule has 0 aliphatic heterocycles. The van der Waals surface area contributed by atoms with Crippen molar-refractivity contribution in [3.05, 3.63) is 42.0 Å². The average Bonchev–Trinajstić information content (AvgIpc) is 2.67. The van der Waals surface area contributed by atoms with Crippen molar-refractivity contribution in [2.75, 3.05) is 5.32 Å². The lowest BCUT2D eigenvalue weighted by Crippen LogP contribution is -2.50. The van der Waals surface area contributed by atoms with Gasteiger partial charge in [-0.25, -0.2) is 19.2 Å². The maximum Gasteiger partial charge on any atom is 0.411 e. The molecule has 0 spiro atoms. The number of hydrogen-bond acceptors (Lipinski definition) is 9. The van der Waals surface area contributed by atoms with Crippen molar-refractivity contribution in [2.45, 2.75) is 55.2 Å². The molecule has 1 atom stereocenters. The zero-order chi connectivity index (χ0) is 25.1. The van der Waals surface area contributed by atoms with Gasteiger partial charge < -0.3 is 25.6 Å². The highest BCUT2D eigenvalue weighted by molar-refractivity contribution is 7.97. The fraction of sp³-hybridized carbons (Fsp3) is 0.450. The molecule has 0 saturated heterocycles. The van der Waals surface area contributed by atoms with Crippen LogP contribution in [0, 0.1) is 11.7 Å². The fourth-order valence-electron chi connectivity index (χ4n) is 3.45. The van der Waals surface area contributed by atoms with Gasteiger partial charge in [0.1, 0.15) is 5.82 Å². The summed E-state index contributed by atoms with van der Waals surface area (Å²) in [5.74, 6) is -4.23. The monoisotopic (exact) mass is 505 g/mol. The molecule has 9 nitrogen and oxygen atoms in total. The minimum absolute atomic E-state index is 0.151. The summed E-state index contributed by atoms with van der Waals surface area (Å²) >= 11 is 0.915. The Morgan fingerprint density at radius 3 is 2.50 bits per heavy atom. The summed E-state index contributed by atoms with van der Waals surface area (Å²) < 4.78 is 55.6. The minimum Gasteiger partial charge on any atom is -0.391 e. The molecule has 14 heteroatoms. The molecule has 1 saturated carbocycles. The van der Waals surface area contributed by atoms with Crippen molar-refractivity contribution < 1.29 is 37.3 Å². The quantitative estimate of drug-likeness (QED) is 0.207. The van der Waals surface area contributed by atoms with Crippen LogP contribution >= 0.6 is 11.9 Å². The molecule has 2 aromatic rings. The van der Waals surface area contributed by atoms with Crippen LogP contribution in [0.15, 0.2) is 35.5 Å². The molecule has 34 heavy (non-hydrogen) atoms. The fourth-order valence-corrected chi connectivity index (χ4v) is 3.77. The number of alkyl carbamates (subject to hydrolysis) is 1. The molecule has 0 radical (unpaired) electrons. The van der Waals surface area contributed by atoms with Gasteiger partial charge in [-0.1, -0.05) is 0 Å². The number of carbonyl (C=O) groups is 1. The topological polar surface area (TPSA) is 143 Å². The van der Waals surface area contributed by atoms with Gasteiger partial charge in [-0.2, -0.15) is 13.2 Å². The molecular formula is C20H23F4N5O4S. The van der Waals surface area contributed by atoms with Crippen molar-refractivity contribution in [1.82, 2.24) is 15.3 Å². The summed E-state index contributed by atoms with van der Waals surface area (Å²) in [4.78, 5) is 20.5. The molecule has 1 unspecified atom stereocenters. The van der Waals surface area contributed by atoms with Crippen LogP contribution in [0.25, 0.3) is 0 Å². The molecular weight excluding hydrogens is 482 g/mol. The lowest BCUT2D eigenvalue weighted by atomic mass is 9.71. The van der Waals surface area contributed by atoms with E-state index in [1.807, 2.05) is 5.32 Å². The number of benzene rings is 1. The van der Waals surface area contributed by atoms with Gasteiger partial charge in [0, 0.05) is 23.3 Å². The van der Waals surface area contributed by atoms with Crippen molar-refractivity contribution in [3.8, 4) is 0 Å². The van der Waals surface area contributed by atoms with Crippen molar-refractivity contribution in [2.24, 2.45) is 11.1 Å². The molecule has 186 valence electrons. The maximum absolute atomic E-state index is 14.1. The van der Waals surface area contributed by atoms with E-state index in [0.29, 0.717) is 10.5 Å². The van der Waals surface area contributed by atoms with Gasteiger partial charge in [-0.3, -0.25) is 5.14 Å². The molecule has 1 heterocycles. The third-order valence-electron chi connectivity index (χ3n) is 5.28. The molecule has 6 N–H and O–H groups in total. The highest BCUT2D eigenvalue weighted by atomic mass is 32.2. The largest absolute Gasteiger partial charge is 0.411 e. The lowest BCUT2D eigenvalue weighted by molar-refractivity contribution is -0.350. The van der Waals surface area contributed by atoms with Crippen LogP contribution in [-0.2, 0) is 4.74 Å². The number of halogens is 4. The van der Waals surface area contributed by atoms with E-state index in [9.17, 15) is 32.6 Å². The first kappa shape index (κ1) is 25.9. The van der Waals surface area contributed by atoms with Gasteiger partial charge in [0.2, 0.25) is 5.95 Å². The second-order valence-electron chi connectivity index (χ2n) is 8.00. The first-order valence-corrected chi connectivity index (χ1v) is 11.0. The summed E-state index contributed by atoms with van der Waals surface area (Å²) in [6.07, 6.45) is -3.72. The number of amides is 1. The van der Waals surface area contributed by atoms with Crippen LogP contribution < -0.4 is 15.8 Å². The van der Waals surface area contributed by atoms with Crippen molar-refractivity contribution in [1.29, 1.82) is 0 Å². The lowest BCUT2D eigenvalue weighted by Gasteiger charge is -2.41. The molecule has 1 amide bonds. The van der Waals surface area contributed by atoms with E-state index in [0.717, 1.165) is 18.9 Å². The van der Waals surface area contributed by atoms with E-state index >= 15 is 0 Å². The van der Waals surface area contributed by atoms with Gasteiger partial charge in [0.05, 0.1) is 18.0 Å². The molecule has 1 fully saturated rings. The van der Waals surface area contributed by atoms with Gasteiger partial charge >= 0.3 is 18.2 Å². The third kappa shape index (κ3) is 6.91. The standard InChI is InChI=1S/C20H23F4N5O4S/c1-10(7-19(22,23)24)28-18(30)33-20(31,32)13-4-11(5-13)12-8-26-17(27-9-12)29-16-3-2-14(34-25)6-15(16)21/h2-3,6,8-11,13,31-32H,4-5,7,25H2,1H3,(H,28,30)(H,26,27,29). The molecule has 1 aliphatic rings. The van der Waals surface area contributed by atoms with Crippen LogP contribution in [0.4, 0.5) is 34.0 Å². The number of alkyl halides is 3. The number of aromatic nitrogens is 2. The van der Waals surface area contributed by atoms with E-state index in [4.69, 9.17) is 5.14 Å². The third-order valence-corrected chi connectivity index (χ3v) is 5.81. The normalized spacial score (nSPS) is 19.2. The van der Waals surface area contributed by atoms with Crippen LogP contribution in [0.1, 0.15) is 37.7 Å². The van der Waals surface area contributed by atoms with E-state index in [1.165, 1.54) is 24.5 Å². The summed E-state index contributed by atoms with van der Waals surface area (Å²) in [5, 5.41) is 30.2. The predicted octanol–water partition coefficient (Wildman–Crippen LogP) is 3.52. The number of rotatable bonds is 8. The van der Waals surface area contributed by atoms with Crippen LogP contribution in [0.3, 0.4) is 0 Å². The number of ether oxygens (including phenoxy) is 1. The highest BCUT2D eigenvalue weighted by Gasteiger charge is 2.48. The number of carbonyl (C=O) groups excluding carboxylic acids is 1. The number of anilines is 2. The maximum atomic E-state index is 14.1. The molecule has 0 bridgehead atoms. The molecule has 1 aromatic heterocycles. The average molecular weight is 505 g/mol. The van der Waals surface area contributed by atoms with E-state index < -0.39 is 42.4 Å². The molecule has 1 aromatic carbocycles. The Labute approximate surface area is 196 Å². The highest BCUT2D eigenvalue weighted by Crippen LogP contribution is 2.46. The van der Waals surface area contributed by atoms with E-state index in [2.05, 4.69) is 20.0 Å². The van der Waals surface area contributed by atoms with E-state index in [-0.39, 0.29) is 30.4 Å². The van der Waals surface area contributed by atoms with Gasteiger partial charge in [0.15, 0.2) is 0 Å². The number of hydrogen-bond donors (Lipinski definition) is 5. The number of nitrogens with two attached hydrogens (primary N) is 1. The summed E-state index contributed by atoms with van der Waals surface area (Å²) in [6, 6.07) is 3.10. The number of aliphatic hydroxyl groups is 2. The first-order valence-electron chi connectivity index (χ1n) is 10.1. The second kappa shape index (κ2) is 10.3.